The molecule has 0 atom stereocenters. The Hall–Kier alpha value is -0.320. The highest BCUT2D eigenvalue weighted by molar-refractivity contribution is 7.99. The molecule has 0 bridgehead atoms. The number of hydrogen-bond donors (Lipinski definition) is 1. The Morgan fingerprint density at radius 2 is 2.36 bits per heavy atom. The fraction of sp³-hybridized carbons (Fsp3) is 0.500. The van der Waals surface area contributed by atoms with Gasteiger partial charge < -0.3 is 5.73 Å². The summed E-state index contributed by atoms with van der Waals surface area (Å²) in [4.78, 5) is 12.4. The predicted octanol–water partition coefficient (Wildman–Crippen LogP) is 2.40. The molecule has 4 heteroatoms. The Morgan fingerprint density at radius 1 is 1.50 bits per heavy atom. The molecule has 2 nitrogen and oxygen atoms in total. The van der Waals surface area contributed by atoms with Crippen LogP contribution in [0.3, 0.4) is 0 Å². The number of Topliss-reactive ketones (excluding diaryl/α,β-unsaturated/α-hetero) is 1. The third-order valence-corrected chi connectivity index (χ3v) is 3.73. The second-order valence-corrected chi connectivity index (χ2v) is 5.00. The largest absolute Gasteiger partial charge is 0.330 e. The lowest BCUT2D eigenvalue weighted by molar-refractivity contribution is 0.102. The van der Waals surface area contributed by atoms with Crippen LogP contribution in [0, 0.1) is 0 Å². The zero-order valence-corrected chi connectivity index (χ0v) is 9.70. The van der Waals surface area contributed by atoms with Gasteiger partial charge in [0.2, 0.25) is 0 Å². The van der Waals surface area contributed by atoms with Crippen LogP contribution >= 0.6 is 23.1 Å². The summed E-state index contributed by atoms with van der Waals surface area (Å²) in [5.41, 5.74) is 5.37. The normalized spacial score (nSPS) is 10.4. The third kappa shape index (κ3) is 4.26. The Balaban J connectivity index is 2.10. The molecule has 1 aromatic rings. The first-order valence-corrected chi connectivity index (χ1v) is 6.72. The van der Waals surface area contributed by atoms with Crippen LogP contribution in [0.1, 0.15) is 22.5 Å². The highest BCUT2D eigenvalue weighted by atomic mass is 32.2. The lowest BCUT2D eigenvalue weighted by Gasteiger charge is -1.98. The van der Waals surface area contributed by atoms with Gasteiger partial charge in [-0.1, -0.05) is 6.07 Å². The van der Waals surface area contributed by atoms with Crippen LogP contribution in [-0.4, -0.2) is 23.8 Å². The van der Waals surface area contributed by atoms with Gasteiger partial charge in [-0.3, -0.25) is 4.79 Å². The SMILES string of the molecule is NCCCCSCC(=O)c1cccs1. The molecule has 0 spiro atoms. The van der Waals surface area contributed by atoms with Crippen molar-refractivity contribution in [2.45, 2.75) is 12.8 Å². The van der Waals surface area contributed by atoms with Gasteiger partial charge in [0, 0.05) is 0 Å². The molecule has 0 aliphatic heterocycles. The van der Waals surface area contributed by atoms with Crippen molar-refractivity contribution in [1.29, 1.82) is 0 Å². The van der Waals surface area contributed by atoms with E-state index in [1.807, 2.05) is 17.5 Å². The molecule has 0 aliphatic carbocycles. The topological polar surface area (TPSA) is 43.1 Å². The number of carbonyl (C=O) groups is 1. The monoisotopic (exact) mass is 229 g/mol. The Labute approximate surface area is 92.9 Å². The third-order valence-electron chi connectivity index (χ3n) is 1.77. The second-order valence-electron chi connectivity index (χ2n) is 2.95. The fourth-order valence-electron chi connectivity index (χ4n) is 1.02. The molecule has 78 valence electrons. The van der Waals surface area contributed by atoms with Crippen molar-refractivity contribution in [3.05, 3.63) is 22.4 Å². The summed E-state index contributed by atoms with van der Waals surface area (Å²) in [6, 6.07) is 3.80. The summed E-state index contributed by atoms with van der Waals surface area (Å²) in [5, 5.41) is 1.94. The average molecular weight is 229 g/mol. The molecule has 0 saturated heterocycles. The Bertz CT molecular complexity index is 259. The quantitative estimate of drug-likeness (QED) is 0.577. The fourth-order valence-corrected chi connectivity index (χ4v) is 2.67. The molecule has 2 N–H and O–H groups in total. The zero-order chi connectivity index (χ0) is 10.2. The van der Waals surface area contributed by atoms with Crippen LogP contribution in [0.4, 0.5) is 0 Å². The van der Waals surface area contributed by atoms with Crippen LogP contribution in [0.25, 0.3) is 0 Å². The molecule has 1 rings (SSSR count). The van der Waals surface area contributed by atoms with Gasteiger partial charge in [0.05, 0.1) is 10.6 Å². The van der Waals surface area contributed by atoms with Crippen LogP contribution in [0.5, 0.6) is 0 Å². The first-order valence-electron chi connectivity index (χ1n) is 4.69. The van der Waals surface area contributed by atoms with Crippen molar-refractivity contribution >= 4 is 28.9 Å². The lowest BCUT2D eigenvalue weighted by atomic mass is 10.3. The van der Waals surface area contributed by atoms with Crippen LogP contribution in [0.2, 0.25) is 0 Å². The summed E-state index contributed by atoms with van der Waals surface area (Å²) in [6.45, 7) is 0.749. The number of thioether (sulfide) groups is 1. The highest BCUT2D eigenvalue weighted by Gasteiger charge is 2.05. The minimum absolute atomic E-state index is 0.248. The first-order chi connectivity index (χ1) is 6.84. The van der Waals surface area contributed by atoms with Gasteiger partial charge in [-0.15, -0.1) is 11.3 Å². The van der Waals surface area contributed by atoms with Crippen LogP contribution < -0.4 is 5.73 Å². The number of ketones is 1. The molecule has 14 heavy (non-hydrogen) atoms. The number of nitrogens with two attached hydrogens (primary N) is 1. The van der Waals surface area contributed by atoms with Gasteiger partial charge in [-0.2, -0.15) is 11.8 Å². The van der Waals surface area contributed by atoms with E-state index in [4.69, 9.17) is 5.73 Å². The second kappa shape index (κ2) is 7.04. The molecule has 0 aromatic carbocycles. The van der Waals surface area contributed by atoms with E-state index in [0.29, 0.717) is 5.75 Å². The van der Waals surface area contributed by atoms with Crippen molar-refractivity contribution < 1.29 is 4.79 Å². The van der Waals surface area contributed by atoms with Crippen molar-refractivity contribution in [2.75, 3.05) is 18.1 Å². The van der Waals surface area contributed by atoms with E-state index < -0.39 is 0 Å². The van der Waals surface area contributed by atoms with Crippen molar-refractivity contribution in [2.24, 2.45) is 5.73 Å². The lowest BCUT2D eigenvalue weighted by Crippen LogP contribution is -2.02. The van der Waals surface area contributed by atoms with E-state index in [2.05, 4.69) is 0 Å². The van der Waals surface area contributed by atoms with E-state index in [9.17, 15) is 4.79 Å². The summed E-state index contributed by atoms with van der Waals surface area (Å²) in [7, 11) is 0. The number of carbonyl (C=O) groups excluding carboxylic acids is 1. The molecular weight excluding hydrogens is 214 g/mol. The van der Waals surface area contributed by atoms with Gasteiger partial charge >= 0.3 is 0 Å². The van der Waals surface area contributed by atoms with Gasteiger partial charge in [0.25, 0.3) is 0 Å². The molecule has 0 aliphatic rings. The van der Waals surface area contributed by atoms with E-state index in [0.717, 1.165) is 30.0 Å². The molecule has 0 radical (unpaired) electrons. The van der Waals surface area contributed by atoms with Gasteiger partial charge in [0.15, 0.2) is 5.78 Å². The standard InChI is InChI=1S/C10H15NOS2/c11-5-1-2-6-13-8-9(12)10-4-3-7-14-10/h3-4,7H,1-2,5-6,8,11H2. The van der Waals surface area contributed by atoms with Crippen molar-refractivity contribution in [3.63, 3.8) is 0 Å². The molecule has 0 fully saturated rings. The number of thiophene rings is 1. The average Bonchev–Trinajstić information content (AvgIpc) is 2.70. The summed E-state index contributed by atoms with van der Waals surface area (Å²) in [6.07, 6.45) is 2.17. The van der Waals surface area contributed by atoms with Gasteiger partial charge in [0.1, 0.15) is 0 Å². The predicted molar refractivity (Wildman–Crippen MR) is 64.3 cm³/mol. The maximum atomic E-state index is 11.5. The van der Waals surface area contributed by atoms with E-state index in [1.165, 1.54) is 11.3 Å². The minimum atomic E-state index is 0.248. The number of hydrogen-bond acceptors (Lipinski definition) is 4. The molecular formula is C10H15NOS2. The maximum absolute atomic E-state index is 11.5. The van der Waals surface area contributed by atoms with Crippen molar-refractivity contribution in [3.8, 4) is 0 Å². The highest BCUT2D eigenvalue weighted by Crippen LogP contribution is 2.13. The molecule has 1 aromatic heterocycles. The van der Waals surface area contributed by atoms with Crippen LogP contribution in [0.15, 0.2) is 17.5 Å². The number of unbranched alkanes of at least 4 members (excludes halogenated alkanes) is 1. The van der Waals surface area contributed by atoms with Crippen LogP contribution in [-0.2, 0) is 0 Å². The smallest absolute Gasteiger partial charge is 0.182 e. The van der Waals surface area contributed by atoms with E-state index in [1.54, 1.807) is 11.8 Å². The first kappa shape index (κ1) is 11.8. The Kier molecular flexibility index (Phi) is 5.91. The molecule has 0 saturated carbocycles. The van der Waals surface area contributed by atoms with Gasteiger partial charge in [-0.05, 0) is 36.6 Å². The summed E-state index contributed by atoms with van der Waals surface area (Å²) >= 11 is 3.22. The Morgan fingerprint density at radius 3 is 3.00 bits per heavy atom. The van der Waals surface area contributed by atoms with Gasteiger partial charge in [-0.25, -0.2) is 0 Å². The molecule has 1 heterocycles. The molecule has 0 unspecified atom stereocenters. The van der Waals surface area contributed by atoms with Crippen molar-refractivity contribution in [1.82, 2.24) is 0 Å². The summed E-state index contributed by atoms with van der Waals surface area (Å²) in [5.74, 6) is 1.89. The van der Waals surface area contributed by atoms with E-state index >= 15 is 0 Å². The van der Waals surface area contributed by atoms with E-state index in [-0.39, 0.29) is 5.78 Å². The minimum Gasteiger partial charge on any atom is -0.330 e. The summed E-state index contributed by atoms with van der Waals surface area (Å²) < 4.78 is 0. The maximum Gasteiger partial charge on any atom is 0.182 e. The molecule has 0 amide bonds. The number of rotatable bonds is 7. The zero-order valence-electron chi connectivity index (χ0n) is 8.07.